The van der Waals surface area contributed by atoms with Crippen LogP contribution in [0.3, 0.4) is 0 Å². The molecule has 3 aromatic carbocycles. The van der Waals surface area contributed by atoms with E-state index in [-0.39, 0.29) is 28.6 Å². The van der Waals surface area contributed by atoms with E-state index in [1.165, 1.54) is 4.57 Å². The Morgan fingerprint density at radius 2 is 1.69 bits per heavy atom. The van der Waals surface area contributed by atoms with Crippen LogP contribution in [0.25, 0.3) is 11.3 Å². The van der Waals surface area contributed by atoms with Gasteiger partial charge in [-0.25, -0.2) is 4.98 Å². The van der Waals surface area contributed by atoms with E-state index >= 15 is 0 Å². The Morgan fingerprint density at radius 1 is 1.00 bits per heavy atom. The summed E-state index contributed by atoms with van der Waals surface area (Å²) in [5, 5.41) is 15.5. The van der Waals surface area contributed by atoms with Gasteiger partial charge in [0.05, 0.1) is 11.6 Å². The Labute approximate surface area is 263 Å². The normalized spacial score (nSPS) is 14.2. The number of nitrogens with zero attached hydrogens (tertiary/aromatic N) is 3. The van der Waals surface area contributed by atoms with Crippen molar-refractivity contribution in [1.29, 1.82) is 0 Å². The third kappa shape index (κ3) is 7.49. The molecular formula is C36H41N5O4. The number of carboxylic acid groups (broad SMARTS) is 1. The fourth-order valence-corrected chi connectivity index (χ4v) is 5.66. The molecule has 3 N–H and O–H groups in total. The molecule has 0 atom stereocenters. The van der Waals surface area contributed by atoms with E-state index in [1.807, 2.05) is 73.7 Å². The first-order valence-electron chi connectivity index (χ1n) is 15.3. The molecule has 0 spiro atoms. The molecule has 0 saturated carbocycles. The van der Waals surface area contributed by atoms with Gasteiger partial charge in [0.25, 0.3) is 11.5 Å². The van der Waals surface area contributed by atoms with Crippen LogP contribution in [0.4, 0.5) is 17.2 Å². The Balaban J connectivity index is 1.33. The van der Waals surface area contributed by atoms with Gasteiger partial charge in [-0.2, -0.15) is 0 Å². The summed E-state index contributed by atoms with van der Waals surface area (Å²) in [7, 11) is 1.69. The van der Waals surface area contributed by atoms with Crippen molar-refractivity contribution >= 4 is 29.1 Å². The number of nitrogens with one attached hydrogen (secondary N) is 2. The SMILES string of the molecule is Cc1c(NC(=O)c2ccc(C(C)(C)C)cc2)cccc1-c1cn(C)c(=O)c(Nc2cccc(CN3CCC(C(=O)O)CC3)c2)n1. The number of aryl methyl sites for hydroxylation is 1. The number of aliphatic carboxylic acids is 1. The average Bonchev–Trinajstić information content (AvgIpc) is 3.00. The van der Waals surface area contributed by atoms with Crippen LogP contribution in [0, 0.1) is 12.8 Å². The van der Waals surface area contributed by atoms with E-state index in [1.54, 1.807) is 13.2 Å². The van der Waals surface area contributed by atoms with Gasteiger partial charge in [0.15, 0.2) is 5.82 Å². The van der Waals surface area contributed by atoms with Crippen LogP contribution in [0.1, 0.15) is 60.7 Å². The number of piperidine rings is 1. The molecule has 1 saturated heterocycles. The molecule has 1 aromatic heterocycles. The smallest absolute Gasteiger partial charge is 0.306 e. The monoisotopic (exact) mass is 607 g/mol. The number of hydrogen-bond acceptors (Lipinski definition) is 6. The number of carbonyl (C=O) groups is 2. The minimum Gasteiger partial charge on any atom is -0.481 e. The molecule has 1 aliphatic rings. The summed E-state index contributed by atoms with van der Waals surface area (Å²) in [5.74, 6) is -0.985. The van der Waals surface area contributed by atoms with Crippen LogP contribution in [0.15, 0.2) is 77.7 Å². The highest BCUT2D eigenvalue weighted by Gasteiger charge is 2.24. The highest BCUT2D eigenvalue weighted by molar-refractivity contribution is 6.05. The molecule has 5 rings (SSSR count). The van der Waals surface area contributed by atoms with E-state index in [0.29, 0.717) is 36.3 Å². The summed E-state index contributed by atoms with van der Waals surface area (Å²) in [5.41, 5.74) is 6.18. The zero-order chi connectivity index (χ0) is 32.3. The van der Waals surface area contributed by atoms with Gasteiger partial charge < -0.3 is 20.3 Å². The minimum atomic E-state index is -0.717. The molecule has 4 aromatic rings. The van der Waals surface area contributed by atoms with Gasteiger partial charge >= 0.3 is 5.97 Å². The molecule has 234 valence electrons. The first-order valence-corrected chi connectivity index (χ1v) is 15.3. The third-order valence-electron chi connectivity index (χ3n) is 8.47. The second-order valence-electron chi connectivity index (χ2n) is 12.9. The number of carboxylic acids is 1. The highest BCUT2D eigenvalue weighted by atomic mass is 16.4. The second kappa shape index (κ2) is 13.1. The van der Waals surface area contributed by atoms with Gasteiger partial charge in [-0.05, 0) is 85.3 Å². The lowest BCUT2D eigenvalue weighted by atomic mass is 9.86. The maximum absolute atomic E-state index is 13.1. The lowest BCUT2D eigenvalue weighted by molar-refractivity contribution is -0.143. The molecule has 9 heteroatoms. The molecule has 0 radical (unpaired) electrons. The van der Waals surface area contributed by atoms with Crippen LogP contribution < -0.4 is 16.2 Å². The summed E-state index contributed by atoms with van der Waals surface area (Å²) >= 11 is 0. The first kappa shape index (κ1) is 31.7. The van der Waals surface area contributed by atoms with Crippen molar-refractivity contribution in [3.8, 4) is 11.3 Å². The molecule has 0 bridgehead atoms. The number of rotatable bonds is 8. The van der Waals surface area contributed by atoms with Crippen LogP contribution in [0.2, 0.25) is 0 Å². The quantitative estimate of drug-likeness (QED) is 0.214. The van der Waals surface area contributed by atoms with Crippen molar-refractivity contribution < 1.29 is 14.7 Å². The zero-order valence-electron chi connectivity index (χ0n) is 26.6. The fraction of sp³-hybridized carbons (Fsp3) is 0.333. The number of likely N-dealkylation sites (tertiary alicyclic amines) is 1. The van der Waals surface area contributed by atoms with Crippen molar-refractivity contribution in [1.82, 2.24) is 14.5 Å². The lowest BCUT2D eigenvalue weighted by Gasteiger charge is -2.30. The predicted molar refractivity (Wildman–Crippen MR) is 178 cm³/mol. The average molecular weight is 608 g/mol. The molecular weight excluding hydrogens is 566 g/mol. The number of benzene rings is 3. The molecule has 1 amide bonds. The maximum Gasteiger partial charge on any atom is 0.306 e. The van der Waals surface area contributed by atoms with Crippen LogP contribution in [-0.4, -0.2) is 44.5 Å². The maximum atomic E-state index is 13.1. The number of hydrogen-bond donors (Lipinski definition) is 3. The highest BCUT2D eigenvalue weighted by Crippen LogP contribution is 2.29. The summed E-state index contributed by atoms with van der Waals surface area (Å²) in [6, 6.07) is 21.2. The Morgan fingerprint density at radius 3 is 2.36 bits per heavy atom. The molecule has 9 nitrogen and oxygen atoms in total. The molecule has 0 aliphatic carbocycles. The molecule has 2 heterocycles. The van der Waals surface area contributed by atoms with Crippen LogP contribution >= 0.6 is 0 Å². The zero-order valence-corrected chi connectivity index (χ0v) is 26.6. The minimum absolute atomic E-state index is 0.00146. The summed E-state index contributed by atoms with van der Waals surface area (Å²) in [6.07, 6.45) is 2.99. The standard InChI is InChI=1S/C36H41N5O4/c1-23-29(10-7-11-30(23)39-33(42)25-12-14-27(15-13-25)36(2,3)4)31-22-40(5)34(43)32(38-31)37-28-9-6-8-24(20-28)21-41-18-16-26(17-19-41)35(44)45/h6-15,20,22,26H,16-19,21H2,1-5H3,(H,37,38)(H,39,42)(H,44,45). The lowest BCUT2D eigenvalue weighted by Crippen LogP contribution is -2.35. The van der Waals surface area contributed by atoms with Crippen molar-refractivity contribution in [2.45, 2.75) is 52.5 Å². The molecule has 1 aliphatic heterocycles. The predicted octanol–water partition coefficient (Wildman–Crippen LogP) is 6.35. The summed E-state index contributed by atoms with van der Waals surface area (Å²) in [4.78, 5) is 44.5. The van der Waals surface area contributed by atoms with Crippen LogP contribution in [0.5, 0.6) is 0 Å². The molecule has 1 fully saturated rings. The summed E-state index contributed by atoms with van der Waals surface area (Å²) in [6.45, 7) is 10.5. The van der Waals surface area contributed by atoms with E-state index in [9.17, 15) is 19.5 Å². The van der Waals surface area contributed by atoms with E-state index in [4.69, 9.17) is 4.98 Å². The van der Waals surface area contributed by atoms with Gasteiger partial charge in [-0.1, -0.05) is 57.2 Å². The van der Waals surface area contributed by atoms with Gasteiger partial charge in [-0.15, -0.1) is 0 Å². The number of amides is 1. The second-order valence-corrected chi connectivity index (χ2v) is 12.9. The molecule has 45 heavy (non-hydrogen) atoms. The van der Waals surface area contributed by atoms with Gasteiger partial charge in [-0.3, -0.25) is 19.3 Å². The first-order chi connectivity index (χ1) is 21.4. The van der Waals surface area contributed by atoms with Crippen molar-refractivity contribution in [2.75, 3.05) is 23.7 Å². The fourth-order valence-electron chi connectivity index (χ4n) is 5.66. The van der Waals surface area contributed by atoms with Gasteiger partial charge in [0.1, 0.15) is 0 Å². The van der Waals surface area contributed by atoms with E-state index in [2.05, 4.69) is 36.3 Å². The van der Waals surface area contributed by atoms with Crippen LogP contribution in [-0.2, 0) is 23.8 Å². The third-order valence-corrected chi connectivity index (χ3v) is 8.47. The van der Waals surface area contributed by atoms with Crippen molar-refractivity contribution in [2.24, 2.45) is 13.0 Å². The van der Waals surface area contributed by atoms with E-state index in [0.717, 1.165) is 41.0 Å². The van der Waals surface area contributed by atoms with E-state index < -0.39 is 5.97 Å². The number of carbonyl (C=O) groups excluding carboxylic acids is 1. The Kier molecular flexibility index (Phi) is 9.20. The van der Waals surface area contributed by atoms with Crippen molar-refractivity contribution in [3.63, 3.8) is 0 Å². The van der Waals surface area contributed by atoms with Gasteiger partial charge in [0.2, 0.25) is 0 Å². The van der Waals surface area contributed by atoms with Crippen molar-refractivity contribution in [3.05, 3.63) is 106 Å². The Hall–Kier alpha value is -4.76. The Bertz CT molecular complexity index is 1760. The molecule has 0 unspecified atom stereocenters. The number of anilines is 3. The van der Waals surface area contributed by atoms with Gasteiger partial charge in [0, 0.05) is 42.3 Å². The number of aromatic nitrogens is 2. The summed E-state index contributed by atoms with van der Waals surface area (Å²) < 4.78 is 1.50. The topological polar surface area (TPSA) is 117 Å². The largest absolute Gasteiger partial charge is 0.481 e.